The van der Waals surface area contributed by atoms with E-state index in [2.05, 4.69) is 26.2 Å². The number of rotatable bonds is 3. The van der Waals surface area contributed by atoms with Crippen LogP contribution in [0.15, 0.2) is 34.9 Å². The summed E-state index contributed by atoms with van der Waals surface area (Å²) >= 11 is 9.34. The minimum absolute atomic E-state index is 0.0148. The summed E-state index contributed by atoms with van der Waals surface area (Å²) in [6.07, 6.45) is 1.38. The number of nitrogen functional groups attached to an aromatic ring is 1. The quantitative estimate of drug-likeness (QED) is 0.794. The predicted molar refractivity (Wildman–Crippen MR) is 78.0 cm³/mol. The molecule has 2 rings (SSSR count). The summed E-state index contributed by atoms with van der Waals surface area (Å²) in [5, 5.41) is 12.4. The molecule has 98 valence electrons. The van der Waals surface area contributed by atoms with Crippen LogP contribution >= 0.6 is 27.5 Å². The zero-order valence-electron chi connectivity index (χ0n) is 9.52. The smallest absolute Gasteiger partial charge is 0.339 e. The van der Waals surface area contributed by atoms with Crippen LogP contribution in [0.2, 0.25) is 5.02 Å². The number of carboxylic acids is 1. The van der Waals surface area contributed by atoms with Crippen LogP contribution < -0.4 is 11.1 Å². The highest BCUT2D eigenvalue weighted by molar-refractivity contribution is 9.10. The molecular weight excluding hydrogens is 334 g/mol. The zero-order chi connectivity index (χ0) is 14.0. The fraction of sp³-hybridized carbons (Fsp3) is 0. The lowest BCUT2D eigenvalue weighted by atomic mass is 10.2. The van der Waals surface area contributed by atoms with E-state index in [1.165, 1.54) is 12.3 Å². The van der Waals surface area contributed by atoms with Crippen LogP contribution in [0.1, 0.15) is 10.4 Å². The molecule has 1 heterocycles. The summed E-state index contributed by atoms with van der Waals surface area (Å²) in [6.45, 7) is 0. The Kier molecular flexibility index (Phi) is 3.92. The molecule has 4 N–H and O–H groups in total. The molecule has 2 aromatic rings. The van der Waals surface area contributed by atoms with Crippen molar-refractivity contribution in [3.63, 3.8) is 0 Å². The lowest BCUT2D eigenvalue weighted by molar-refractivity contribution is 0.0697. The molecule has 0 amide bonds. The third-order valence-electron chi connectivity index (χ3n) is 2.32. The molecule has 0 aliphatic carbocycles. The number of carboxylic acid groups (broad SMARTS) is 1. The van der Waals surface area contributed by atoms with Crippen molar-refractivity contribution in [2.24, 2.45) is 0 Å². The standard InChI is InChI=1S/C12H9BrClN3O2/c13-6-1-2-10(9(14)3-6)17-11-8(12(18)19)4-7(15)5-16-11/h1-5H,15H2,(H,16,17)(H,18,19). The van der Waals surface area contributed by atoms with Crippen LogP contribution in [0.25, 0.3) is 0 Å². The first-order chi connectivity index (χ1) is 8.97. The summed E-state index contributed by atoms with van der Waals surface area (Å²) in [4.78, 5) is 15.1. The van der Waals surface area contributed by atoms with Gasteiger partial charge in [0.15, 0.2) is 0 Å². The third kappa shape index (κ3) is 3.15. The number of nitrogens with zero attached hydrogens (tertiary/aromatic N) is 1. The Morgan fingerprint density at radius 1 is 1.42 bits per heavy atom. The number of aromatic nitrogens is 1. The van der Waals surface area contributed by atoms with Gasteiger partial charge in [-0.2, -0.15) is 0 Å². The SMILES string of the molecule is Nc1cnc(Nc2ccc(Br)cc2Cl)c(C(=O)O)c1. The molecule has 1 aromatic carbocycles. The van der Waals surface area contributed by atoms with Gasteiger partial charge in [0, 0.05) is 4.47 Å². The maximum absolute atomic E-state index is 11.1. The molecule has 0 aliphatic heterocycles. The zero-order valence-corrected chi connectivity index (χ0v) is 11.9. The van der Waals surface area contributed by atoms with Crippen molar-refractivity contribution in [3.8, 4) is 0 Å². The molecule has 0 fully saturated rings. The topological polar surface area (TPSA) is 88.2 Å². The maximum atomic E-state index is 11.1. The minimum Gasteiger partial charge on any atom is -0.478 e. The average Bonchev–Trinajstić information content (AvgIpc) is 2.34. The second-order valence-corrected chi connectivity index (χ2v) is 5.04. The monoisotopic (exact) mass is 341 g/mol. The number of carbonyl (C=O) groups is 1. The van der Waals surface area contributed by atoms with Gasteiger partial charge in [-0.05, 0) is 24.3 Å². The third-order valence-corrected chi connectivity index (χ3v) is 3.13. The number of nitrogens with one attached hydrogen (secondary N) is 1. The number of hydrogen-bond donors (Lipinski definition) is 3. The van der Waals surface area contributed by atoms with Gasteiger partial charge in [0.05, 0.1) is 22.6 Å². The Balaban J connectivity index is 2.40. The first-order valence-electron chi connectivity index (χ1n) is 5.18. The molecule has 0 aliphatic rings. The van der Waals surface area contributed by atoms with Crippen molar-refractivity contribution in [3.05, 3.63) is 45.5 Å². The number of anilines is 3. The van der Waals surface area contributed by atoms with E-state index in [9.17, 15) is 4.79 Å². The summed E-state index contributed by atoms with van der Waals surface area (Å²) in [5.41, 5.74) is 6.35. The van der Waals surface area contributed by atoms with Crippen LogP contribution in [0.4, 0.5) is 17.2 Å². The fourth-order valence-electron chi connectivity index (χ4n) is 1.46. The number of hydrogen-bond acceptors (Lipinski definition) is 4. The van der Waals surface area contributed by atoms with Crippen molar-refractivity contribution < 1.29 is 9.90 Å². The molecule has 19 heavy (non-hydrogen) atoms. The second-order valence-electron chi connectivity index (χ2n) is 3.72. The molecule has 1 aromatic heterocycles. The highest BCUT2D eigenvalue weighted by Crippen LogP contribution is 2.29. The second kappa shape index (κ2) is 5.46. The van der Waals surface area contributed by atoms with E-state index in [0.717, 1.165) is 4.47 Å². The largest absolute Gasteiger partial charge is 0.478 e. The highest BCUT2D eigenvalue weighted by Gasteiger charge is 2.13. The van der Waals surface area contributed by atoms with Crippen molar-refractivity contribution in [1.29, 1.82) is 0 Å². The summed E-state index contributed by atoms with van der Waals surface area (Å²) < 4.78 is 0.826. The summed E-state index contributed by atoms with van der Waals surface area (Å²) in [5.74, 6) is -0.929. The Morgan fingerprint density at radius 2 is 2.16 bits per heavy atom. The maximum Gasteiger partial charge on any atom is 0.339 e. The van der Waals surface area contributed by atoms with Crippen molar-refractivity contribution >= 4 is 50.7 Å². The summed E-state index contributed by atoms with van der Waals surface area (Å²) in [7, 11) is 0. The lowest BCUT2D eigenvalue weighted by Crippen LogP contribution is -2.06. The van der Waals surface area contributed by atoms with Gasteiger partial charge in [0.1, 0.15) is 11.4 Å². The Hall–Kier alpha value is -1.79. The van der Waals surface area contributed by atoms with Gasteiger partial charge in [0.25, 0.3) is 0 Å². The number of pyridine rings is 1. The van der Waals surface area contributed by atoms with Gasteiger partial charge in [-0.15, -0.1) is 0 Å². The van der Waals surface area contributed by atoms with Crippen LogP contribution in [-0.2, 0) is 0 Å². The molecule has 0 spiro atoms. The van der Waals surface area contributed by atoms with Crippen LogP contribution in [0.3, 0.4) is 0 Å². The Morgan fingerprint density at radius 3 is 2.79 bits per heavy atom. The van der Waals surface area contributed by atoms with Gasteiger partial charge in [0.2, 0.25) is 0 Å². The molecular formula is C12H9BrClN3O2. The molecule has 0 bridgehead atoms. The number of benzene rings is 1. The van der Waals surface area contributed by atoms with Crippen LogP contribution in [0.5, 0.6) is 0 Å². The van der Waals surface area contributed by atoms with Gasteiger partial charge in [-0.3, -0.25) is 0 Å². The van der Waals surface area contributed by atoms with E-state index in [4.69, 9.17) is 22.4 Å². The highest BCUT2D eigenvalue weighted by atomic mass is 79.9. The lowest BCUT2D eigenvalue weighted by Gasteiger charge is -2.10. The minimum atomic E-state index is -1.12. The van der Waals surface area contributed by atoms with E-state index in [-0.39, 0.29) is 17.1 Å². The molecule has 0 atom stereocenters. The van der Waals surface area contributed by atoms with E-state index in [1.807, 2.05) is 0 Å². The number of halogens is 2. The molecule has 0 saturated heterocycles. The normalized spacial score (nSPS) is 10.2. The number of aromatic carboxylic acids is 1. The first kappa shape index (κ1) is 13.6. The van der Waals surface area contributed by atoms with E-state index in [0.29, 0.717) is 10.7 Å². The van der Waals surface area contributed by atoms with Crippen molar-refractivity contribution in [2.75, 3.05) is 11.1 Å². The molecule has 0 unspecified atom stereocenters. The van der Waals surface area contributed by atoms with Gasteiger partial charge in [-0.1, -0.05) is 27.5 Å². The van der Waals surface area contributed by atoms with E-state index < -0.39 is 5.97 Å². The van der Waals surface area contributed by atoms with Crippen molar-refractivity contribution in [1.82, 2.24) is 4.98 Å². The predicted octanol–water partition coefficient (Wildman–Crippen LogP) is 3.52. The Labute approximate surface area is 122 Å². The average molecular weight is 343 g/mol. The Bertz CT molecular complexity index is 649. The van der Waals surface area contributed by atoms with Crippen LogP contribution in [-0.4, -0.2) is 16.1 Å². The first-order valence-corrected chi connectivity index (χ1v) is 6.35. The van der Waals surface area contributed by atoms with Crippen molar-refractivity contribution in [2.45, 2.75) is 0 Å². The molecule has 0 radical (unpaired) electrons. The van der Waals surface area contributed by atoms with Gasteiger partial charge >= 0.3 is 5.97 Å². The summed E-state index contributed by atoms with van der Waals surface area (Å²) in [6, 6.07) is 6.54. The van der Waals surface area contributed by atoms with Gasteiger partial charge in [-0.25, -0.2) is 9.78 Å². The van der Waals surface area contributed by atoms with E-state index >= 15 is 0 Å². The molecule has 7 heteroatoms. The van der Waals surface area contributed by atoms with Crippen LogP contribution in [0, 0.1) is 0 Å². The number of nitrogens with two attached hydrogens (primary N) is 1. The molecule has 5 nitrogen and oxygen atoms in total. The molecule has 0 saturated carbocycles. The van der Waals surface area contributed by atoms with Gasteiger partial charge < -0.3 is 16.2 Å². The fourth-order valence-corrected chi connectivity index (χ4v) is 2.18. The van der Waals surface area contributed by atoms with E-state index in [1.54, 1.807) is 18.2 Å².